The zero-order chi connectivity index (χ0) is 26.5. The van der Waals surface area contributed by atoms with Crippen molar-refractivity contribution < 1.29 is 28.3 Å². The average molecular weight is 497 g/mol. The van der Waals surface area contributed by atoms with E-state index in [-0.39, 0.29) is 12.5 Å². The summed E-state index contributed by atoms with van der Waals surface area (Å²) in [5.74, 6) is -0.406. The molecule has 2 heterocycles. The van der Waals surface area contributed by atoms with Gasteiger partial charge in [-0.25, -0.2) is 9.18 Å². The topological polar surface area (TPSA) is 68.2 Å². The highest BCUT2D eigenvalue weighted by Crippen LogP contribution is 2.42. The average Bonchev–Trinajstić information content (AvgIpc) is 2.99. The number of nitrogens with zero attached hydrogens (tertiary/aromatic N) is 1. The summed E-state index contributed by atoms with van der Waals surface area (Å²) in [6, 6.07) is 13.7. The van der Waals surface area contributed by atoms with Crippen LogP contribution in [0.25, 0.3) is 0 Å². The van der Waals surface area contributed by atoms with Crippen LogP contribution in [-0.2, 0) is 19.6 Å². The number of ether oxygens (including phenoxy) is 1. The molecule has 2 aliphatic rings. The van der Waals surface area contributed by atoms with E-state index in [9.17, 15) is 14.3 Å². The van der Waals surface area contributed by atoms with Gasteiger partial charge in [0, 0.05) is 19.4 Å². The van der Waals surface area contributed by atoms with Crippen molar-refractivity contribution in [2.75, 3.05) is 6.54 Å². The number of carbonyl (C=O) groups is 1. The first-order chi connectivity index (χ1) is 16.6. The van der Waals surface area contributed by atoms with E-state index in [1.54, 1.807) is 30.9 Å². The Labute approximate surface area is 213 Å². The van der Waals surface area contributed by atoms with Crippen molar-refractivity contribution in [2.24, 2.45) is 0 Å². The van der Waals surface area contributed by atoms with Crippen LogP contribution in [0.1, 0.15) is 78.5 Å². The van der Waals surface area contributed by atoms with Crippen molar-refractivity contribution >= 4 is 18.7 Å². The summed E-state index contributed by atoms with van der Waals surface area (Å²) in [4.78, 5) is 14.9. The predicted octanol–water partition coefficient (Wildman–Crippen LogP) is 5.08. The highest BCUT2D eigenvalue weighted by atomic mass is 19.1. The lowest BCUT2D eigenvalue weighted by molar-refractivity contribution is -0.101. The molecule has 0 radical (unpaired) electrons. The van der Waals surface area contributed by atoms with Crippen LogP contribution in [0.3, 0.4) is 0 Å². The third kappa shape index (κ3) is 5.17. The second-order valence-corrected chi connectivity index (χ2v) is 11.7. The monoisotopic (exact) mass is 497 g/mol. The lowest BCUT2D eigenvalue weighted by Crippen LogP contribution is -2.51. The van der Waals surface area contributed by atoms with E-state index in [0.717, 1.165) is 11.0 Å². The van der Waals surface area contributed by atoms with Gasteiger partial charge in [0.2, 0.25) is 0 Å². The van der Waals surface area contributed by atoms with Gasteiger partial charge >= 0.3 is 13.2 Å². The van der Waals surface area contributed by atoms with Crippen molar-refractivity contribution in [2.45, 2.75) is 89.8 Å². The molecular formula is C28H37BFNO5. The van der Waals surface area contributed by atoms with Crippen LogP contribution in [0.5, 0.6) is 0 Å². The number of halogens is 1. The molecule has 1 N–H and O–H groups in total. The maximum Gasteiger partial charge on any atom is 0.494 e. The molecule has 1 amide bonds. The number of hydrogen-bond acceptors (Lipinski definition) is 5. The van der Waals surface area contributed by atoms with E-state index in [0.29, 0.717) is 18.5 Å². The standard InChI is InChI=1S/C28H37BFNO5/c1-19(20-11-13-22(14-12-20)29-35-26(4,5)27(6,7)36-29)31-16-15-28(34-24(31)32,18-25(2,3)33)21-9-8-10-23(30)17-21/h8-14,17,19,33H,15-16,18H2,1-7H3/t19-,28?/m0/s1. The molecule has 4 rings (SSSR count). The fourth-order valence-corrected chi connectivity index (χ4v) is 5.01. The first-order valence-electron chi connectivity index (χ1n) is 12.6. The Balaban J connectivity index is 1.51. The molecular weight excluding hydrogens is 460 g/mol. The Morgan fingerprint density at radius 3 is 2.22 bits per heavy atom. The third-order valence-corrected chi connectivity index (χ3v) is 7.75. The van der Waals surface area contributed by atoms with Crippen LogP contribution < -0.4 is 5.46 Å². The van der Waals surface area contributed by atoms with Crippen molar-refractivity contribution in [1.82, 2.24) is 4.90 Å². The molecule has 0 spiro atoms. The van der Waals surface area contributed by atoms with Gasteiger partial charge in [0.1, 0.15) is 11.4 Å². The molecule has 0 saturated carbocycles. The number of hydrogen-bond donors (Lipinski definition) is 1. The smallest absolute Gasteiger partial charge is 0.438 e. The van der Waals surface area contributed by atoms with Crippen LogP contribution in [0.4, 0.5) is 9.18 Å². The molecule has 1 unspecified atom stereocenters. The number of rotatable bonds is 6. The molecule has 2 saturated heterocycles. The Hall–Kier alpha value is -2.42. The number of amides is 1. The summed E-state index contributed by atoms with van der Waals surface area (Å²) in [7, 11) is -0.451. The van der Waals surface area contributed by atoms with E-state index in [4.69, 9.17) is 14.0 Å². The lowest BCUT2D eigenvalue weighted by Gasteiger charge is -2.45. The molecule has 2 aliphatic heterocycles. The van der Waals surface area contributed by atoms with E-state index < -0.39 is 41.4 Å². The van der Waals surface area contributed by atoms with Gasteiger partial charge < -0.3 is 24.1 Å². The van der Waals surface area contributed by atoms with E-state index >= 15 is 0 Å². The summed E-state index contributed by atoms with van der Waals surface area (Å²) < 4.78 is 32.4. The van der Waals surface area contributed by atoms with Gasteiger partial charge in [-0.05, 0) is 77.2 Å². The highest BCUT2D eigenvalue weighted by Gasteiger charge is 2.52. The summed E-state index contributed by atoms with van der Waals surface area (Å²) in [5.41, 5.74) is -0.624. The first-order valence-corrected chi connectivity index (χ1v) is 12.6. The highest BCUT2D eigenvalue weighted by molar-refractivity contribution is 6.62. The number of aliphatic hydroxyl groups is 1. The minimum Gasteiger partial charge on any atom is -0.438 e. The zero-order valence-electron chi connectivity index (χ0n) is 22.3. The number of benzene rings is 2. The molecule has 6 nitrogen and oxygen atoms in total. The van der Waals surface area contributed by atoms with E-state index in [1.165, 1.54) is 12.1 Å². The van der Waals surface area contributed by atoms with Crippen LogP contribution in [0.2, 0.25) is 0 Å². The molecule has 2 aromatic carbocycles. The van der Waals surface area contributed by atoms with E-state index in [1.807, 2.05) is 58.9 Å². The minimum absolute atomic E-state index is 0.167. The van der Waals surface area contributed by atoms with Crippen molar-refractivity contribution in [3.8, 4) is 0 Å². The maximum absolute atomic E-state index is 14.0. The van der Waals surface area contributed by atoms with Crippen molar-refractivity contribution in [1.29, 1.82) is 0 Å². The largest absolute Gasteiger partial charge is 0.494 e. The fourth-order valence-electron chi connectivity index (χ4n) is 5.01. The van der Waals surface area contributed by atoms with Crippen LogP contribution in [0, 0.1) is 5.82 Å². The Morgan fingerprint density at radius 1 is 1.08 bits per heavy atom. The molecule has 8 heteroatoms. The molecule has 194 valence electrons. The molecule has 2 atom stereocenters. The van der Waals surface area contributed by atoms with Gasteiger partial charge in [-0.15, -0.1) is 0 Å². The quantitative estimate of drug-likeness (QED) is 0.564. The van der Waals surface area contributed by atoms with Crippen molar-refractivity contribution in [3.63, 3.8) is 0 Å². The second kappa shape index (κ2) is 9.16. The molecule has 0 bridgehead atoms. The molecule has 2 aromatic rings. The van der Waals surface area contributed by atoms with Crippen LogP contribution in [-0.4, -0.2) is 46.6 Å². The first kappa shape index (κ1) is 26.6. The maximum atomic E-state index is 14.0. The van der Waals surface area contributed by atoms with E-state index in [2.05, 4.69) is 0 Å². The molecule has 2 fully saturated rings. The van der Waals surface area contributed by atoms with Crippen molar-refractivity contribution in [3.05, 3.63) is 65.5 Å². The lowest BCUT2D eigenvalue weighted by atomic mass is 9.78. The molecule has 0 aromatic heterocycles. The van der Waals surface area contributed by atoms with Gasteiger partial charge in [-0.1, -0.05) is 36.4 Å². The normalized spacial score (nSPS) is 24.5. The SMILES string of the molecule is C[C@@H](c1ccc(B2OC(C)(C)C(C)(C)O2)cc1)N1CCC(CC(C)(C)O)(c2cccc(F)c2)OC1=O. The number of cyclic esters (lactones) is 1. The Morgan fingerprint density at radius 2 is 1.69 bits per heavy atom. The van der Waals surface area contributed by atoms with Gasteiger partial charge in [0.25, 0.3) is 0 Å². The molecule has 36 heavy (non-hydrogen) atoms. The second-order valence-electron chi connectivity index (χ2n) is 11.7. The zero-order valence-corrected chi connectivity index (χ0v) is 22.3. The number of carbonyl (C=O) groups excluding carboxylic acids is 1. The summed E-state index contributed by atoms with van der Waals surface area (Å²) in [5, 5.41) is 10.6. The third-order valence-electron chi connectivity index (χ3n) is 7.75. The summed E-state index contributed by atoms with van der Waals surface area (Å²) in [6.45, 7) is 13.8. The Bertz CT molecular complexity index is 1100. The summed E-state index contributed by atoms with van der Waals surface area (Å²) in [6.07, 6.45) is 0.111. The molecule has 0 aliphatic carbocycles. The minimum atomic E-state index is -1.11. The van der Waals surface area contributed by atoms with Gasteiger partial charge in [0.15, 0.2) is 0 Å². The van der Waals surface area contributed by atoms with Gasteiger partial charge in [-0.2, -0.15) is 0 Å². The van der Waals surface area contributed by atoms with Crippen LogP contribution in [0.15, 0.2) is 48.5 Å². The van der Waals surface area contributed by atoms with Crippen LogP contribution >= 0.6 is 0 Å². The van der Waals surface area contributed by atoms with Gasteiger partial charge in [-0.3, -0.25) is 0 Å². The Kier molecular flexibility index (Phi) is 6.78. The fraction of sp³-hybridized carbons (Fsp3) is 0.536. The van der Waals surface area contributed by atoms with Gasteiger partial charge in [0.05, 0.1) is 22.8 Å². The predicted molar refractivity (Wildman–Crippen MR) is 137 cm³/mol. The summed E-state index contributed by atoms with van der Waals surface area (Å²) >= 11 is 0.